The Morgan fingerprint density at radius 3 is 2.03 bits per heavy atom. The molecule has 0 aliphatic heterocycles. The summed E-state index contributed by atoms with van der Waals surface area (Å²) in [6.45, 7) is 2.05. The maximum Gasteiger partial charge on any atom is 0.416 e. The molecule has 2 aromatic carbocycles. The summed E-state index contributed by atoms with van der Waals surface area (Å²) >= 11 is 1.46. The highest BCUT2D eigenvalue weighted by Crippen LogP contribution is 2.37. The number of hydrogen-bond acceptors (Lipinski definition) is 3. The van der Waals surface area contributed by atoms with Crippen LogP contribution < -0.4 is 5.32 Å². The third-order valence-electron chi connectivity index (χ3n) is 5.73. The lowest BCUT2D eigenvalue weighted by atomic mass is 10.1. The quantitative estimate of drug-likeness (QED) is 0.254. The van der Waals surface area contributed by atoms with Crippen LogP contribution >= 0.6 is 11.3 Å². The zero-order chi connectivity index (χ0) is 28.6. The molecule has 0 saturated carbocycles. The van der Waals surface area contributed by atoms with Gasteiger partial charge in [0, 0.05) is 23.7 Å². The molecule has 1 N–H and O–H groups in total. The van der Waals surface area contributed by atoms with Crippen LogP contribution in [0.2, 0.25) is 0 Å². The lowest BCUT2D eigenvalue weighted by Crippen LogP contribution is -2.44. The van der Waals surface area contributed by atoms with Crippen molar-refractivity contribution in [1.29, 1.82) is 0 Å². The number of alkyl halides is 6. The van der Waals surface area contributed by atoms with E-state index in [4.69, 9.17) is 0 Å². The van der Waals surface area contributed by atoms with Gasteiger partial charge < -0.3 is 15.1 Å². The van der Waals surface area contributed by atoms with Gasteiger partial charge in [-0.2, -0.15) is 26.3 Å². The highest BCUT2D eigenvalue weighted by molar-refractivity contribution is 7.09. The Morgan fingerprint density at radius 2 is 1.49 bits per heavy atom. The second kappa shape index (κ2) is 13.0. The number of nitrogens with one attached hydrogen (secondary N) is 1. The SMILES string of the molecule is CCCCN(CC(=O)N(Cc1ccccc1)Cc1cccs1)C(=O)Nc1cc(C(F)(F)F)cc(C(F)(F)F)c1. The molecule has 0 atom stereocenters. The maximum absolute atomic E-state index is 13.4. The molecule has 0 aliphatic rings. The second-order valence-corrected chi connectivity index (χ2v) is 9.85. The van der Waals surface area contributed by atoms with Gasteiger partial charge in [-0.3, -0.25) is 4.79 Å². The van der Waals surface area contributed by atoms with E-state index in [0.717, 1.165) is 15.3 Å². The molecule has 0 fully saturated rings. The van der Waals surface area contributed by atoms with E-state index in [9.17, 15) is 35.9 Å². The Balaban J connectivity index is 1.83. The Kier molecular flexibility index (Phi) is 10.0. The molecule has 0 saturated heterocycles. The molecule has 3 aromatic rings. The van der Waals surface area contributed by atoms with E-state index < -0.39 is 47.6 Å². The van der Waals surface area contributed by atoms with Crippen LogP contribution in [-0.4, -0.2) is 34.8 Å². The molecule has 1 heterocycles. The number of rotatable bonds is 10. The van der Waals surface area contributed by atoms with Gasteiger partial charge in [0.1, 0.15) is 6.54 Å². The van der Waals surface area contributed by atoms with Crippen LogP contribution in [-0.2, 0) is 30.2 Å². The number of thiophene rings is 1. The molecular weight excluding hydrogens is 544 g/mol. The van der Waals surface area contributed by atoms with E-state index in [1.807, 2.05) is 54.8 Å². The van der Waals surface area contributed by atoms with Crippen molar-refractivity contribution in [3.8, 4) is 0 Å². The van der Waals surface area contributed by atoms with Crippen molar-refractivity contribution < 1.29 is 35.9 Å². The molecule has 3 amide bonds. The minimum Gasteiger partial charge on any atom is -0.332 e. The summed E-state index contributed by atoms with van der Waals surface area (Å²) in [5.74, 6) is -0.418. The summed E-state index contributed by atoms with van der Waals surface area (Å²) in [6.07, 6.45) is -9.00. The minimum absolute atomic E-state index is 0.0138. The topological polar surface area (TPSA) is 52.7 Å². The van der Waals surface area contributed by atoms with Crippen molar-refractivity contribution >= 4 is 29.0 Å². The van der Waals surface area contributed by atoms with E-state index in [2.05, 4.69) is 5.32 Å². The fraction of sp³-hybridized carbons (Fsp3) is 0.333. The molecule has 0 radical (unpaired) electrons. The predicted molar refractivity (Wildman–Crippen MR) is 137 cm³/mol. The Hall–Kier alpha value is -3.54. The normalized spacial score (nSPS) is 11.8. The summed E-state index contributed by atoms with van der Waals surface area (Å²) in [4.78, 5) is 30.0. The predicted octanol–water partition coefficient (Wildman–Crippen LogP) is 7.65. The van der Waals surface area contributed by atoms with Gasteiger partial charge in [0.05, 0.1) is 17.7 Å². The fourth-order valence-corrected chi connectivity index (χ4v) is 4.44. The molecule has 3 rings (SSSR count). The largest absolute Gasteiger partial charge is 0.416 e. The molecule has 210 valence electrons. The molecule has 1 aromatic heterocycles. The molecule has 0 unspecified atom stereocenters. The number of urea groups is 1. The highest BCUT2D eigenvalue weighted by Gasteiger charge is 2.37. The van der Waals surface area contributed by atoms with Gasteiger partial charge in [0.15, 0.2) is 0 Å². The molecule has 0 bridgehead atoms. The summed E-state index contributed by atoms with van der Waals surface area (Å²) < 4.78 is 79.5. The number of unbranched alkanes of at least 4 members (excludes halogenated alkanes) is 1. The highest BCUT2D eigenvalue weighted by atomic mass is 32.1. The van der Waals surface area contributed by atoms with Crippen LogP contribution in [0.15, 0.2) is 66.0 Å². The van der Waals surface area contributed by atoms with Crippen LogP contribution in [0, 0.1) is 0 Å². The molecule has 0 aliphatic carbocycles. The Labute approximate surface area is 226 Å². The third kappa shape index (κ3) is 9.02. The second-order valence-electron chi connectivity index (χ2n) is 8.81. The number of hydrogen-bond donors (Lipinski definition) is 1. The average Bonchev–Trinajstić information content (AvgIpc) is 3.38. The van der Waals surface area contributed by atoms with Crippen LogP contribution in [0.3, 0.4) is 0 Å². The lowest BCUT2D eigenvalue weighted by molar-refractivity contribution is -0.143. The monoisotopic (exact) mass is 571 g/mol. The molecule has 5 nitrogen and oxygen atoms in total. The van der Waals surface area contributed by atoms with Crippen LogP contribution in [0.1, 0.15) is 41.3 Å². The van der Waals surface area contributed by atoms with E-state index >= 15 is 0 Å². The summed E-state index contributed by atoms with van der Waals surface area (Å²) in [5.41, 5.74) is -2.91. The summed E-state index contributed by atoms with van der Waals surface area (Å²) in [6, 6.07) is 12.8. The van der Waals surface area contributed by atoms with Gasteiger partial charge >= 0.3 is 18.4 Å². The number of anilines is 1. The Morgan fingerprint density at radius 1 is 0.846 bits per heavy atom. The van der Waals surface area contributed by atoms with Crippen molar-refractivity contribution in [2.75, 3.05) is 18.4 Å². The number of amides is 3. The first-order chi connectivity index (χ1) is 18.4. The lowest BCUT2D eigenvalue weighted by Gasteiger charge is -2.28. The number of nitrogens with zero attached hydrogens (tertiary/aromatic N) is 2. The smallest absolute Gasteiger partial charge is 0.332 e. The van der Waals surface area contributed by atoms with Gasteiger partial charge in [-0.05, 0) is 41.6 Å². The fourth-order valence-electron chi connectivity index (χ4n) is 3.72. The first-order valence-electron chi connectivity index (χ1n) is 12.1. The van der Waals surface area contributed by atoms with Crippen molar-refractivity contribution in [2.45, 2.75) is 45.2 Å². The van der Waals surface area contributed by atoms with Crippen LogP contribution in [0.5, 0.6) is 0 Å². The standard InChI is InChI=1S/C27H27F6N3O2S/c1-2-3-11-35(25(38)34-22-14-20(26(28,29)30)13-21(15-22)27(31,32)33)18-24(37)36(17-23-10-7-12-39-23)16-19-8-5-4-6-9-19/h4-10,12-15H,2-3,11,16-18H2,1H3,(H,34,38). The molecule has 0 spiro atoms. The first kappa shape index (κ1) is 30.0. The summed E-state index contributed by atoms with van der Waals surface area (Å²) in [5, 5.41) is 4.00. The van der Waals surface area contributed by atoms with E-state index in [1.54, 1.807) is 4.90 Å². The minimum atomic E-state index is -5.06. The number of carbonyl (C=O) groups is 2. The van der Waals surface area contributed by atoms with Gasteiger partial charge in [0.25, 0.3) is 0 Å². The molecule has 39 heavy (non-hydrogen) atoms. The number of benzene rings is 2. The number of halogens is 6. The Bertz CT molecular complexity index is 1200. The van der Waals surface area contributed by atoms with Gasteiger partial charge in [0.2, 0.25) is 5.91 Å². The number of carbonyl (C=O) groups excluding carboxylic acids is 2. The first-order valence-corrected chi connectivity index (χ1v) is 12.9. The van der Waals surface area contributed by atoms with E-state index in [-0.39, 0.29) is 25.7 Å². The van der Waals surface area contributed by atoms with Gasteiger partial charge in [-0.1, -0.05) is 49.7 Å². The zero-order valence-corrected chi connectivity index (χ0v) is 21.8. The average molecular weight is 572 g/mol. The summed E-state index contributed by atoms with van der Waals surface area (Å²) in [7, 11) is 0. The van der Waals surface area contributed by atoms with Crippen molar-refractivity contribution in [3.63, 3.8) is 0 Å². The van der Waals surface area contributed by atoms with E-state index in [1.165, 1.54) is 11.3 Å². The maximum atomic E-state index is 13.4. The van der Waals surface area contributed by atoms with Crippen molar-refractivity contribution in [1.82, 2.24) is 9.80 Å². The van der Waals surface area contributed by atoms with Crippen LogP contribution in [0.25, 0.3) is 0 Å². The van der Waals surface area contributed by atoms with Crippen molar-refractivity contribution in [2.24, 2.45) is 0 Å². The third-order valence-corrected chi connectivity index (χ3v) is 6.59. The van der Waals surface area contributed by atoms with Crippen LogP contribution in [0.4, 0.5) is 36.8 Å². The molecule has 12 heteroatoms. The zero-order valence-electron chi connectivity index (χ0n) is 21.0. The van der Waals surface area contributed by atoms with Gasteiger partial charge in [-0.25, -0.2) is 4.79 Å². The molecular formula is C27H27F6N3O2S. The van der Waals surface area contributed by atoms with Crippen molar-refractivity contribution in [3.05, 3.63) is 87.6 Å². The van der Waals surface area contributed by atoms with Gasteiger partial charge in [-0.15, -0.1) is 11.3 Å². The van der Waals surface area contributed by atoms with E-state index in [0.29, 0.717) is 25.0 Å².